The van der Waals surface area contributed by atoms with Gasteiger partial charge < -0.3 is 5.32 Å². The lowest BCUT2D eigenvalue weighted by atomic mass is 9.82. The van der Waals surface area contributed by atoms with Crippen LogP contribution in [0.25, 0.3) is 0 Å². The van der Waals surface area contributed by atoms with Crippen LogP contribution in [0.1, 0.15) is 42.5 Å². The van der Waals surface area contributed by atoms with Gasteiger partial charge in [-0.25, -0.2) is 4.79 Å². The lowest BCUT2D eigenvalue weighted by Gasteiger charge is -2.30. The van der Waals surface area contributed by atoms with Crippen LogP contribution in [-0.2, 0) is 4.79 Å². The Hall–Kier alpha value is -1.44. The maximum Gasteiger partial charge on any atom is 0.325 e. The number of carbonyl (C=O) groups is 3. The van der Waals surface area contributed by atoms with Gasteiger partial charge in [0.1, 0.15) is 5.54 Å². The third-order valence-electron chi connectivity index (χ3n) is 4.42. The molecule has 0 bridgehead atoms. The van der Waals surface area contributed by atoms with Gasteiger partial charge >= 0.3 is 6.03 Å². The Kier molecular flexibility index (Phi) is 4.20. The third kappa shape index (κ3) is 2.76. The van der Waals surface area contributed by atoms with E-state index in [1.54, 1.807) is 12.1 Å². The van der Waals surface area contributed by atoms with Crippen LogP contribution < -0.4 is 5.32 Å². The largest absolute Gasteiger partial charge is 0.325 e. The van der Waals surface area contributed by atoms with E-state index in [1.807, 2.05) is 12.1 Å². The molecule has 2 aliphatic rings. The van der Waals surface area contributed by atoms with Crippen LogP contribution in [0.4, 0.5) is 4.79 Å². The summed E-state index contributed by atoms with van der Waals surface area (Å²) in [4.78, 5) is 38.1. The molecule has 0 radical (unpaired) electrons. The van der Waals surface area contributed by atoms with Gasteiger partial charge in [0.15, 0.2) is 5.78 Å². The second-order valence-electron chi connectivity index (χ2n) is 5.89. The number of carbonyl (C=O) groups excluding carboxylic acids is 3. The molecule has 1 aromatic carbocycles. The van der Waals surface area contributed by atoms with Gasteiger partial charge in [-0.05, 0) is 47.6 Å². The van der Waals surface area contributed by atoms with Crippen LogP contribution in [0.2, 0.25) is 0 Å². The van der Waals surface area contributed by atoms with Crippen LogP contribution in [0, 0.1) is 3.57 Å². The molecule has 1 spiro atoms. The number of hydrogen-bond donors (Lipinski definition) is 1. The van der Waals surface area contributed by atoms with Gasteiger partial charge in [-0.2, -0.15) is 0 Å². The van der Waals surface area contributed by atoms with Gasteiger partial charge in [0.05, 0.1) is 6.54 Å². The Morgan fingerprint density at radius 2 is 1.77 bits per heavy atom. The van der Waals surface area contributed by atoms with Gasteiger partial charge in [0, 0.05) is 9.13 Å². The fourth-order valence-corrected chi connectivity index (χ4v) is 3.54. The van der Waals surface area contributed by atoms with Crippen molar-refractivity contribution < 1.29 is 14.4 Å². The summed E-state index contributed by atoms with van der Waals surface area (Å²) >= 11 is 2.16. The maximum atomic E-state index is 12.6. The number of imide groups is 1. The third-order valence-corrected chi connectivity index (χ3v) is 5.14. The molecule has 1 aromatic rings. The summed E-state index contributed by atoms with van der Waals surface area (Å²) in [6.45, 7) is -0.187. The standard InChI is InChI=1S/C16H17IN2O3/c17-12-6-4-11(5-7-12)13(20)10-19-14(21)16(18-15(19)22)8-2-1-3-9-16/h4-7H,1-3,8-10H2,(H,18,22). The molecule has 2 fully saturated rings. The van der Waals surface area contributed by atoms with Crippen LogP contribution in [0.3, 0.4) is 0 Å². The minimum atomic E-state index is -0.762. The lowest BCUT2D eigenvalue weighted by molar-refractivity contribution is -0.132. The minimum absolute atomic E-state index is 0.187. The summed E-state index contributed by atoms with van der Waals surface area (Å²) in [5, 5.41) is 2.82. The van der Waals surface area contributed by atoms with Crippen molar-refractivity contribution in [3.05, 3.63) is 33.4 Å². The van der Waals surface area contributed by atoms with Crippen molar-refractivity contribution >= 4 is 40.3 Å². The number of benzene rings is 1. The minimum Gasteiger partial charge on any atom is -0.323 e. The second-order valence-corrected chi connectivity index (χ2v) is 7.14. The van der Waals surface area contributed by atoms with Crippen molar-refractivity contribution in [3.8, 4) is 0 Å². The van der Waals surface area contributed by atoms with Crippen molar-refractivity contribution in [2.45, 2.75) is 37.6 Å². The summed E-state index contributed by atoms with van der Waals surface area (Å²) in [7, 11) is 0. The van der Waals surface area contributed by atoms with Crippen molar-refractivity contribution in [1.29, 1.82) is 0 Å². The Morgan fingerprint density at radius 3 is 2.41 bits per heavy atom. The number of ketones is 1. The number of nitrogens with zero attached hydrogens (tertiary/aromatic N) is 1. The molecule has 5 nitrogen and oxygen atoms in total. The molecule has 116 valence electrons. The van der Waals surface area contributed by atoms with E-state index in [-0.39, 0.29) is 18.2 Å². The Bertz CT molecular complexity index is 621. The number of amides is 3. The van der Waals surface area contributed by atoms with Crippen LogP contribution in [-0.4, -0.2) is 34.7 Å². The summed E-state index contributed by atoms with van der Waals surface area (Å²) in [6, 6.07) is 6.67. The first-order valence-electron chi connectivity index (χ1n) is 7.45. The van der Waals surface area contributed by atoms with Gasteiger partial charge in [-0.1, -0.05) is 31.4 Å². The van der Waals surface area contributed by atoms with E-state index < -0.39 is 11.6 Å². The van der Waals surface area contributed by atoms with Gasteiger partial charge in [0.2, 0.25) is 0 Å². The van der Waals surface area contributed by atoms with E-state index in [1.165, 1.54) is 0 Å². The Morgan fingerprint density at radius 1 is 1.14 bits per heavy atom. The van der Waals surface area contributed by atoms with Gasteiger partial charge in [-0.15, -0.1) is 0 Å². The van der Waals surface area contributed by atoms with E-state index in [2.05, 4.69) is 27.9 Å². The molecule has 22 heavy (non-hydrogen) atoms. The van der Waals surface area contributed by atoms with Crippen molar-refractivity contribution in [3.63, 3.8) is 0 Å². The highest BCUT2D eigenvalue weighted by molar-refractivity contribution is 14.1. The van der Waals surface area contributed by atoms with Crippen LogP contribution >= 0.6 is 22.6 Å². The van der Waals surface area contributed by atoms with Crippen LogP contribution in [0.5, 0.6) is 0 Å². The second kappa shape index (κ2) is 5.98. The molecule has 0 aromatic heterocycles. The van der Waals surface area contributed by atoms with E-state index in [9.17, 15) is 14.4 Å². The topological polar surface area (TPSA) is 66.5 Å². The molecule has 6 heteroatoms. The fraction of sp³-hybridized carbons (Fsp3) is 0.438. The highest BCUT2D eigenvalue weighted by Crippen LogP contribution is 2.33. The monoisotopic (exact) mass is 412 g/mol. The molecule has 1 aliphatic carbocycles. The van der Waals surface area contributed by atoms with Crippen molar-refractivity contribution in [1.82, 2.24) is 10.2 Å². The zero-order chi connectivity index (χ0) is 15.7. The molecule has 1 saturated carbocycles. The first-order valence-corrected chi connectivity index (χ1v) is 8.53. The number of nitrogens with one attached hydrogen (secondary N) is 1. The molecular formula is C16H17IN2O3. The molecule has 3 rings (SSSR count). The molecule has 3 amide bonds. The maximum absolute atomic E-state index is 12.6. The number of Topliss-reactive ketones (excluding diaryl/α,β-unsaturated/α-hetero) is 1. The highest BCUT2D eigenvalue weighted by atomic mass is 127. The molecule has 1 aliphatic heterocycles. The number of urea groups is 1. The molecule has 0 atom stereocenters. The SMILES string of the molecule is O=C(CN1C(=O)NC2(CCCCC2)C1=O)c1ccc(I)cc1. The van der Waals surface area contributed by atoms with E-state index in [0.717, 1.165) is 27.7 Å². The zero-order valence-electron chi connectivity index (χ0n) is 12.1. The molecule has 1 N–H and O–H groups in total. The van der Waals surface area contributed by atoms with Crippen LogP contribution in [0.15, 0.2) is 24.3 Å². The highest BCUT2D eigenvalue weighted by Gasteiger charge is 2.51. The van der Waals surface area contributed by atoms with Gasteiger partial charge in [0.25, 0.3) is 5.91 Å². The van der Waals surface area contributed by atoms with Crippen molar-refractivity contribution in [2.75, 3.05) is 6.54 Å². The summed E-state index contributed by atoms with van der Waals surface area (Å²) in [5.74, 6) is -0.455. The molecule has 0 unspecified atom stereocenters. The predicted molar refractivity (Wildman–Crippen MR) is 89.6 cm³/mol. The fourth-order valence-electron chi connectivity index (χ4n) is 3.18. The molecule has 1 heterocycles. The Labute approximate surface area is 142 Å². The van der Waals surface area contributed by atoms with E-state index in [0.29, 0.717) is 18.4 Å². The number of rotatable bonds is 3. The zero-order valence-corrected chi connectivity index (χ0v) is 14.3. The number of hydrogen-bond acceptors (Lipinski definition) is 3. The first kappa shape index (κ1) is 15.5. The average Bonchev–Trinajstić information content (AvgIpc) is 2.73. The number of halogens is 1. The summed E-state index contributed by atoms with van der Waals surface area (Å²) in [6.07, 6.45) is 4.31. The lowest BCUT2D eigenvalue weighted by Crippen LogP contribution is -2.48. The van der Waals surface area contributed by atoms with E-state index >= 15 is 0 Å². The smallest absolute Gasteiger partial charge is 0.323 e. The van der Waals surface area contributed by atoms with Crippen molar-refractivity contribution in [2.24, 2.45) is 0 Å². The normalized spacial score (nSPS) is 20.3. The molecular weight excluding hydrogens is 395 g/mol. The summed E-state index contributed by atoms with van der Waals surface area (Å²) in [5.41, 5.74) is -0.243. The predicted octanol–water partition coefficient (Wildman–Crippen LogP) is 2.73. The first-order chi connectivity index (χ1) is 10.5. The van der Waals surface area contributed by atoms with Gasteiger partial charge in [-0.3, -0.25) is 14.5 Å². The Balaban J connectivity index is 1.74. The quantitative estimate of drug-likeness (QED) is 0.472. The molecule has 1 saturated heterocycles. The average molecular weight is 412 g/mol. The van der Waals surface area contributed by atoms with E-state index in [4.69, 9.17) is 0 Å². The summed E-state index contributed by atoms with van der Waals surface area (Å²) < 4.78 is 1.03.